The molecule has 36 heavy (non-hydrogen) atoms. The van der Waals surface area contributed by atoms with Gasteiger partial charge in [-0.1, -0.05) is 83.8 Å². The maximum atomic E-state index is 11.8. The average molecular weight is 528 g/mol. The number of nitrogens with one attached hydrogen (secondary N) is 1. The molecule has 8 heteroatoms. The van der Waals surface area contributed by atoms with E-state index in [9.17, 15) is 9.69 Å². The van der Waals surface area contributed by atoms with E-state index < -0.39 is 14.7 Å². The minimum Gasteiger partial charge on any atom is -0.494 e. The van der Waals surface area contributed by atoms with Crippen molar-refractivity contribution in [1.82, 2.24) is 5.32 Å². The standard InChI is InChI=1S/C28H50NO6P/c1-4-6-7-8-9-10-11-12-13-14-21-32-26-18-16-25(17-19-26)23-27(35-28(30)5-2)24-34-36(31)33-22-15-20-29-3/h16-19,27,29,31H,4-15,20-24H2,1-3H3. The molecule has 2 unspecified atom stereocenters. The summed E-state index contributed by atoms with van der Waals surface area (Å²) in [5.41, 5.74) is 1.01. The van der Waals surface area contributed by atoms with Gasteiger partial charge in [0.05, 0.1) is 19.8 Å². The lowest BCUT2D eigenvalue weighted by Crippen LogP contribution is -2.25. The summed E-state index contributed by atoms with van der Waals surface area (Å²) >= 11 is 0. The highest BCUT2D eigenvalue weighted by Crippen LogP contribution is 2.33. The van der Waals surface area contributed by atoms with Crippen LogP contribution in [0.5, 0.6) is 5.75 Å². The van der Waals surface area contributed by atoms with Crippen molar-refractivity contribution in [3.63, 3.8) is 0 Å². The number of hydrogen-bond donors (Lipinski definition) is 2. The molecular weight excluding hydrogens is 477 g/mol. The SMILES string of the molecule is CCCCCCCCCCCCOc1ccc(CC(COP(O)OCCCNC)OC(=O)CC)cc1. The molecule has 0 aliphatic heterocycles. The van der Waals surface area contributed by atoms with Gasteiger partial charge in [0.2, 0.25) is 0 Å². The van der Waals surface area contributed by atoms with Gasteiger partial charge in [0.25, 0.3) is 0 Å². The Morgan fingerprint density at radius 2 is 1.53 bits per heavy atom. The Morgan fingerprint density at radius 1 is 0.889 bits per heavy atom. The predicted octanol–water partition coefficient (Wildman–Crippen LogP) is 6.71. The van der Waals surface area contributed by atoms with E-state index in [2.05, 4.69) is 12.2 Å². The van der Waals surface area contributed by atoms with Gasteiger partial charge in [0.15, 0.2) is 0 Å². The van der Waals surface area contributed by atoms with Crippen molar-refractivity contribution in [3.8, 4) is 5.75 Å². The maximum absolute atomic E-state index is 11.8. The summed E-state index contributed by atoms with van der Waals surface area (Å²) in [4.78, 5) is 21.8. The normalized spacial score (nSPS) is 12.9. The third-order valence-electron chi connectivity index (χ3n) is 5.88. The lowest BCUT2D eigenvalue weighted by molar-refractivity contribution is -0.150. The van der Waals surface area contributed by atoms with Crippen molar-refractivity contribution in [2.45, 2.75) is 103 Å². The van der Waals surface area contributed by atoms with Gasteiger partial charge in [-0.2, -0.15) is 0 Å². The summed E-state index contributed by atoms with van der Waals surface area (Å²) < 4.78 is 22.1. The van der Waals surface area contributed by atoms with Gasteiger partial charge in [-0.3, -0.25) is 4.79 Å². The number of unbranched alkanes of at least 4 members (excludes halogenated alkanes) is 9. The van der Waals surface area contributed by atoms with Crippen LogP contribution in [0.2, 0.25) is 0 Å². The molecule has 0 fully saturated rings. The molecule has 0 aromatic heterocycles. The number of carbonyl (C=O) groups is 1. The number of benzene rings is 1. The van der Waals surface area contributed by atoms with Gasteiger partial charge in [0.1, 0.15) is 11.9 Å². The molecule has 1 aromatic rings. The maximum Gasteiger partial charge on any atom is 0.329 e. The fourth-order valence-electron chi connectivity index (χ4n) is 3.74. The van der Waals surface area contributed by atoms with Crippen LogP contribution in [0, 0.1) is 0 Å². The Balaban J connectivity index is 2.29. The molecule has 2 N–H and O–H groups in total. The van der Waals surface area contributed by atoms with Gasteiger partial charge in [0, 0.05) is 12.8 Å². The molecule has 1 rings (SSSR count). The molecule has 2 atom stereocenters. The Kier molecular flexibility index (Phi) is 20.9. The zero-order valence-corrected chi connectivity index (χ0v) is 23.7. The third-order valence-corrected chi connectivity index (χ3v) is 6.66. The van der Waals surface area contributed by atoms with Gasteiger partial charge in [-0.05, 0) is 44.1 Å². The smallest absolute Gasteiger partial charge is 0.329 e. The Morgan fingerprint density at radius 3 is 2.14 bits per heavy atom. The lowest BCUT2D eigenvalue weighted by Gasteiger charge is -2.19. The number of carbonyl (C=O) groups excluding carboxylic acids is 1. The largest absolute Gasteiger partial charge is 0.494 e. The summed E-state index contributed by atoms with van der Waals surface area (Å²) in [6, 6.07) is 7.87. The highest BCUT2D eigenvalue weighted by atomic mass is 31.2. The van der Waals surface area contributed by atoms with Crippen molar-refractivity contribution >= 4 is 14.6 Å². The van der Waals surface area contributed by atoms with E-state index in [-0.39, 0.29) is 19.0 Å². The molecule has 0 heterocycles. The van der Waals surface area contributed by atoms with Crippen LogP contribution in [-0.2, 0) is 25.0 Å². The number of rotatable bonds is 24. The van der Waals surface area contributed by atoms with Crippen molar-refractivity contribution in [2.75, 3.05) is 33.4 Å². The fourth-order valence-corrected chi connectivity index (χ4v) is 4.40. The number of hydrogen-bond acceptors (Lipinski definition) is 7. The first-order valence-electron chi connectivity index (χ1n) is 13.9. The minimum atomic E-state index is -2.00. The number of ether oxygens (including phenoxy) is 2. The summed E-state index contributed by atoms with van der Waals surface area (Å²) in [5, 5.41) is 3.02. The minimum absolute atomic E-state index is 0.0803. The van der Waals surface area contributed by atoms with Crippen molar-refractivity contribution in [2.24, 2.45) is 0 Å². The molecule has 0 bridgehead atoms. The third kappa shape index (κ3) is 18.1. The van der Waals surface area contributed by atoms with Gasteiger partial charge in [-0.25, -0.2) is 0 Å². The molecule has 0 radical (unpaired) electrons. The van der Waals surface area contributed by atoms with Crippen LogP contribution in [0.1, 0.15) is 96.5 Å². The first kappa shape index (κ1) is 32.8. The second-order valence-corrected chi connectivity index (χ2v) is 10.2. The van der Waals surface area contributed by atoms with E-state index in [1.807, 2.05) is 31.3 Å². The number of esters is 1. The Bertz CT molecular complexity index is 645. The first-order chi connectivity index (χ1) is 17.6. The molecule has 0 saturated carbocycles. The van der Waals surface area contributed by atoms with Crippen LogP contribution in [-0.4, -0.2) is 50.4 Å². The van der Waals surface area contributed by atoms with Gasteiger partial charge in [-0.15, -0.1) is 0 Å². The van der Waals surface area contributed by atoms with Crippen LogP contribution in [0.25, 0.3) is 0 Å². The Labute approximate surface area is 220 Å². The van der Waals surface area contributed by atoms with E-state index in [1.165, 1.54) is 57.8 Å². The van der Waals surface area contributed by atoms with E-state index in [1.54, 1.807) is 6.92 Å². The van der Waals surface area contributed by atoms with E-state index >= 15 is 0 Å². The molecule has 0 spiro atoms. The highest BCUT2D eigenvalue weighted by Gasteiger charge is 2.18. The summed E-state index contributed by atoms with van der Waals surface area (Å²) in [6.07, 6.45) is 14.2. The molecule has 208 valence electrons. The van der Waals surface area contributed by atoms with Crippen LogP contribution >= 0.6 is 8.60 Å². The highest BCUT2D eigenvalue weighted by molar-refractivity contribution is 7.40. The summed E-state index contributed by atoms with van der Waals surface area (Å²) in [6.45, 7) is 6.03. The van der Waals surface area contributed by atoms with Crippen molar-refractivity contribution in [3.05, 3.63) is 29.8 Å². The van der Waals surface area contributed by atoms with Crippen molar-refractivity contribution < 1.29 is 28.2 Å². The van der Waals surface area contributed by atoms with Crippen LogP contribution in [0.4, 0.5) is 0 Å². The quantitative estimate of drug-likeness (QED) is 0.0877. The fraction of sp³-hybridized carbons (Fsp3) is 0.750. The second-order valence-electron chi connectivity index (χ2n) is 9.17. The summed E-state index contributed by atoms with van der Waals surface area (Å²) in [5.74, 6) is 0.555. The van der Waals surface area contributed by atoms with Crippen LogP contribution in [0.3, 0.4) is 0 Å². The predicted molar refractivity (Wildman–Crippen MR) is 147 cm³/mol. The van der Waals surface area contributed by atoms with Gasteiger partial charge >= 0.3 is 14.6 Å². The van der Waals surface area contributed by atoms with E-state index in [4.69, 9.17) is 18.5 Å². The molecule has 0 saturated heterocycles. The Hall–Kier alpha value is -1.24. The molecule has 7 nitrogen and oxygen atoms in total. The van der Waals surface area contributed by atoms with Gasteiger partial charge < -0.3 is 28.7 Å². The molecule has 0 aliphatic rings. The van der Waals surface area contributed by atoms with Crippen molar-refractivity contribution in [1.29, 1.82) is 0 Å². The second kappa shape index (κ2) is 22.9. The molecular formula is C28H50NO6P. The van der Waals surface area contributed by atoms with E-state index in [0.717, 1.165) is 37.3 Å². The first-order valence-corrected chi connectivity index (χ1v) is 15.0. The van der Waals surface area contributed by atoms with E-state index in [0.29, 0.717) is 13.0 Å². The molecule has 1 aromatic carbocycles. The zero-order valence-electron chi connectivity index (χ0n) is 22.8. The summed E-state index contributed by atoms with van der Waals surface area (Å²) in [7, 11) is -0.132. The van der Waals surface area contributed by atoms with Crippen LogP contribution < -0.4 is 10.1 Å². The topological polar surface area (TPSA) is 86.2 Å². The zero-order chi connectivity index (χ0) is 26.3. The lowest BCUT2D eigenvalue weighted by atomic mass is 10.1. The monoisotopic (exact) mass is 527 g/mol. The average Bonchev–Trinajstić information content (AvgIpc) is 2.89. The molecule has 0 aliphatic carbocycles. The molecule has 0 amide bonds. The van der Waals surface area contributed by atoms with Crippen LogP contribution in [0.15, 0.2) is 24.3 Å².